The number of hydrogen-bond acceptors (Lipinski definition) is 9. The predicted octanol–water partition coefficient (Wildman–Crippen LogP) is 3.88. The lowest BCUT2D eigenvalue weighted by Gasteiger charge is -2.39. The number of phenolic OH excluding ortho intramolecular Hbond substituents is 5. The lowest BCUT2D eigenvalue weighted by molar-refractivity contribution is 0.00668. The summed E-state index contributed by atoms with van der Waals surface area (Å²) in [5.41, 5.74) is 1.87. The summed E-state index contributed by atoms with van der Waals surface area (Å²) in [5, 5.41) is 74.5. The van der Waals surface area contributed by atoms with Crippen molar-refractivity contribution in [3.8, 4) is 40.2 Å². The number of fused-ring (bicyclic) bond motifs is 2. The van der Waals surface area contributed by atoms with Crippen LogP contribution in [0.3, 0.4) is 0 Å². The number of aliphatic hydroxyl groups is 2. The quantitative estimate of drug-likeness (QED) is 0.209. The molecule has 39 heavy (non-hydrogen) atoms. The van der Waals surface area contributed by atoms with E-state index in [-0.39, 0.29) is 57.8 Å². The summed E-state index contributed by atoms with van der Waals surface area (Å²) in [6, 6.07) is 18.0. The van der Waals surface area contributed by atoms with Gasteiger partial charge in [0, 0.05) is 41.2 Å². The molecule has 0 aliphatic carbocycles. The number of phenols is 5. The fourth-order valence-corrected chi connectivity index (χ4v) is 5.49. The van der Waals surface area contributed by atoms with Crippen molar-refractivity contribution in [1.29, 1.82) is 0 Å². The normalized spacial score (nSPS) is 23.7. The number of aliphatic hydroxyl groups excluding tert-OH is 2. The molecule has 2 heterocycles. The van der Waals surface area contributed by atoms with Crippen molar-refractivity contribution in [2.45, 2.75) is 36.8 Å². The molecule has 0 fully saturated rings. The molecular weight excluding hydrogens is 504 g/mol. The zero-order valence-electron chi connectivity index (χ0n) is 20.5. The van der Waals surface area contributed by atoms with E-state index in [0.29, 0.717) is 16.7 Å². The highest BCUT2D eigenvalue weighted by molar-refractivity contribution is 5.63. The summed E-state index contributed by atoms with van der Waals surface area (Å²) in [6.45, 7) is 0. The van der Waals surface area contributed by atoms with Crippen LogP contribution >= 0.6 is 0 Å². The number of ether oxygens (including phenoxy) is 2. The topological polar surface area (TPSA) is 160 Å². The first-order valence-corrected chi connectivity index (χ1v) is 12.4. The zero-order chi connectivity index (χ0) is 27.4. The summed E-state index contributed by atoms with van der Waals surface area (Å²) in [6.07, 6.45) is -4.08. The van der Waals surface area contributed by atoms with Crippen LogP contribution in [0.1, 0.15) is 45.9 Å². The summed E-state index contributed by atoms with van der Waals surface area (Å²) in [7, 11) is 0. The summed E-state index contributed by atoms with van der Waals surface area (Å²) < 4.78 is 12.0. The molecule has 0 aromatic heterocycles. The monoisotopic (exact) mass is 530 g/mol. The van der Waals surface area contributed by atoms with Gasteiger partial charge in [0.2, 0.25) is 0 Å². The smallest absolute Gasteiger partial charge is 0.150 e. The first-order chi connectivity index (χ1) is 18.7. The molecule has 0 radical (unpaired) electrons. The lowest BCUT2D eigenvalue weighted by atomic mass is 9.78. The predicted molar refractivity (Wildman–Crippen MR) is 138 cm³/mol. The van der Waals surface area contributed by atoms with Gasteiger partial charge < -0.3 is 45.2 Å². The van der Waals surface area contributed by atoms with E-state index in [0.717, 1.165) is 0 Å². The van der Waals surface area contributed by atoms with Gasteiger partial charge in [0.1, 0.15) is 52.5 Å². The fourth-order valence-electron chi connectivity index (χ4n) is 5.49. The average Bonchev–Trinajstić information content (AvgIpc) is 2.91. The summed E-state index contributed by atoms with van der Waals surface area (Å²) >= 11 is 0. The van der Waals surface area contributed by atoms with Gasteiger partial charge in [-0.2, -0.15) is 0 Å². The molecule has 4 aromatic rings. The molecule has 5 unspecified atom stereocenters. The minimum Gasteiger partial charge on any atom is -0.508 e. The Morgan fingerprint density at radius 2 is 1.18 bits per heavy atom. The molecule has 0 saturated heterocycles. The van der Waals surface area contributed by atoms with Crippen LogP contribution < -0.4 is 9.47 Å². The second-order valence-electron chi connectivity index (χ2n) is 9.86. The van der Waals surface area contributed by atoms with E-state index < -0.39 is 30.3 Å². The molecule has 9 heteroatoms. The van der Waals surface area contributed by atoms with Crippen molar-refractivity contribution in [2.75, 3.05) is 0 Å². The van der Waals surface area contributed by atoms with E-state index in [1.54, 1.807) is 30.3 Å². The molecule has 0 saturated carbocycles. The molecule has 0 spiro atoms. The molecule has 7 N–H and O–H groups in total. The van der Waals surface area contributed by atoms with Gasteiger partial charge in [0.05, 0.1) is 6.10 Å². The Balaban J connectivity index is 1.44. The van der Waals surface area contributed by atoms with Crippen molar-refractivity contribution in [2.24, 2.45) is 0 Å². The minimum atomic E-state index is -1.29. The highest BCUT2D eigenvalue weighted by Crippen LogP contribution is 2.54. The van der Waals surface area contributed by atoms with E-state index in [9.17, 15) is 35.7 Å². The van der Waals surface area contributed by atoms with Crippen molar-refractivity contribution in [3.63, 3.8) is 0 Å². The second-order valence-corrected chi connectivity index (χ2v) is 9.86. The Labute approximate surface area is 223 Å². The van der Waals surface area contributed by atoms with Gasteiger partial charge in [-0.3, -0.25) is 0 Å². The molecule has 6 rings (SSSR count). The Hall–Kier alpha value is -4.60. The summed E-state index contributed by atoms with van der Waals surface area (Å²) in [4.78, 5) is 0. The van der Waals surface area contributed by atoms with Gasteiger partial charge >= 0.3 is 0 Å². The molecule has 4 aromatic carbocycles. The van der Waals surface area contributed by atoms with E-state index in [4.69, 9.17) is 9.47 Å². The molecule has 0 bridgehead atoms. The maximum Gasteiger partial charge on any atom is 0.150 e. The molecule has 2 aliphatic heterocycles. The molecule has 9 nitrogen and oxygen atoms in total. The van der Waals surface area contributed by atoms with Gasteiger partial charge in [-0.15, -0.1) is 0 Å². The third kappa shape index (κ3) is 4.21. The van der Waals surface area contributed by atoms with Crippen molar-refractivity contribution >= 4 is 0 Å². The largest absolute Gasteiger partial charge is 0.508 e. The highest BCUT2D eigenvalue weighted by Gasteiger charge is 2.43. The van der Waals surface area contributed by atoms with Crippen LogP contribution in [0, 0.1) is 0 Å². The van der Waals surface area contributed by atoms with Crippen molar-refractivity contribution in [1.82, 2.24) is 0 Å². The second kappa shape index (κ2) is 9.30. The molecule has 200 valence electrons. The van der Waals surface area contributed by atoms with E-state index in [1.165, 1.54) is 42.5 Å². The first kappa shape index (κ1) is 24.7. The maximum absolute atomic E-state index is 11.6. The number of aromatic hydroxyl groups is 5. The third-order valence-electron chi connectivity index (χ3n) is 7.39. The van der Waals surface area contributed by atoms with E-state index in [2.05, 4.69) is 0 Å². The summed E-state index contributed by atoms with van der Waals surface area (Å²) in [5.74, 6) is -1.17. The molecular formula is C30H26O9. The van der Waals surface area contributed by atoms with Crippen LogP contribution in [0.15, 0.2) is 72.8 Å². The van der Waals surface area contributed by atoms with Gasteiger partial charge in [-0.1, -0.05) is 30.3 Å². The Bertz CT molecular complexity index is 1530. The number of benzene rings is 4. The average molecular weight is 531 g/mol. The lowest BCUT2D eigenvalue weighted by Crippen LogP contribution is -2.35. The fraction of sp³-hybridized carbons (Fsp3) is 0.200. The molecule has 2 aliphatic rings. The van der Waals surface area contributed by atoms with Gasteiger partial charge in [-0.25, -0.2) is 0 Å². The number of rotatable bonds is 3. The van der Waals surface area contributed by atoms with Gasteiger partial charge in [-0.05, 0) is 41.5 Å². The van der Waals surface area contributed by atoms with Crippen LogP contribution in [-0.4, -0.2) is 48.0 Å². The molecule has 0 amide bonds. The maximum atomic E-state index is 11.6. The Morgan fingerprint density at radius 3 is 1.82 bits per heavy atom. The van der Waals surface area contributed by atoms with Gasteiger partial charge in [0.25, 0.3) is 0 Å². The van der Waals surface area contributed by atoms with Crippen molar-refractivity contribution < 1.29 is 45.2 Å². The first-order valence-electron chi connectivity index (χ1n) is 12.4. The van der Waals surface area contributed by atoms with E-state index >= 15 is 0 Å². The minimum absolute atomic E-state index is 0.00311. The number of hydrogen-bond donors (Lipinski definition) is 7. The Morgan fingerprint density at radius 1 is 0.615 bits per heavy atom. The van der Waals surface area contributed by atoms with Crippen LogP contribution in [0.4, 0.5) is 0 Å². The zero-order valence-corrected chi connectivity index (χ0v) is 20.5. The third-order valence-corrected chi connectivity index (χ3v) is 7.39. The SMILES string of the molecule is Oc1ccc(C2Oc3cc(O)c(C4c5ccc(O)cc5OC(c5ccc(O)cc5)C4O)c(O)c3CC2O)cc1. The Kier molecular flexibility index (Phi) is 5.90. The van der Waals surface area contributed by atoms with Crippen LogP contribution in [0.25, 0.3) is 0 Å². The standard InChI is InChI=1S/C30H26O9/c31-16-5-1-14(2-6-16)29-22(35)12-20-24(38-29)13-21(34)26(27(20)36)25-19-10-9-18(33)11-23(19)39-30(28(25)37)15-3-7-17(32)8-4-15/h1-11,13,22,25,28-37H,12H2. The van der Waals surface area contributed by atoms with Crippen LogP contribution in [-0.2, 0) is 6.42 Å². The van der Waals surface area contributed by atoms with Crippen molar-refractivity contribution in [3.05, 3.63) is 101 Å². The van der Waals surface area contributed by atoms with E-state index in [1.807, 2.05) is 0 Å². The van der Waals surface area contributed by atoms with Gasteiger partial charge in [0.15, 0.2) is 6.10 Å². The van der Waals surface area contributed by atoms with Crippen LogP contribution in [0.5, 0.6) is 40.2 Å². The highest BCUT2D eigenvalue weighted by atomic mass is 16.5. The molecule has 5 atom stereocenters. The van der Waals surface area contributed by atoms with Crippen LogP contribution in [0.2, 0.25) is 0 Å².